The number of nitrogens with zero attached hydrogens (tertiary/aromatic N) is 1. The molecule has 0 radical (unpaired) electrons. The monoisotopic (exact) mass is 250 g/mol. The number of aryl methyl sites for hydroxylation is 2. The van der Waals surface area contributed by atoms with E-state index in [0.717, 1.165) is 6.42 Å². The number of amides is 1. The lowest BCUT2D eigenvalue weighted by molar-refractivity contribution is -0.129. The van der Waals surface area contributed by atoms with Crippen molar-refractivity contribution in [2.45, 2.75) is 19.8 Å². The average Bonchev–Trinajstić information content (AvgIpc) is 2.27. The van der Waals surface area contributed by atoms with E-state index in [9.17, 15) is 4.79 Å². The number of carbonyl (C=O) groups excluding carboxylic acids is 1. The van der Waals surface area contributed by atoms with Gasteiger partial charge < -0.3 is 10.6 Å². The largest absolute Gasteiger partial charge is 0.392 e. The van der Waals surface area contributed by atoms with Gasteiger partial charge in [0, 0.05) is 13.5 Å². The zero-order valence-electron chi connectivity index (χ0n) is 10.3. The number of thiocarbonyl (C=S) groups is 1. The van der Waals surface area contributed by atoms with Gasteiger partial charge in [0.1, 0.15) is 0 Å². The highest BCUT2D eigenvalue weighted by Gasteiger charge is 2.09. The first-order chi connectivity index (χ1) is 7.99. The number of hydrogen-bond acceptors (Lipinski definition) is 2. The van der Waals surface area contributed by atoms with E-state index in [1.807, 2.05) is 6.92 Å². The average molecular weight is 250 g/mol. The number of rotatable bonds is 5. The second-order valence-corrected chi connectivity index (χ2v) is 4.73. The van der Waals surface area contributed by atoms with E-state index in [4.69, 9.17) is 18.0 Å². The summed E-state index contributed by atoms with van der Waals surface area (Å²) in [5.41, 5.74) is 7.79. The van der Waals surface area contributed by atoms with Crippen molar-refractivity contribution < 1.29 is 4.79 Å². The molecule has 0 fully saturated rings. The van der Waals surface area contributed by atoms with Gasteiger partial charge in [0.25, 0.3) is 0 Å². The number of benzene rings is 1. The topological polar surface area (TPSA) is 46.3 Å². The summed E-state index contributed by atoms with van der Waals surface area (Å²) in [6, 6.07) is 8.21. The highest BCUT2D eigenvalue weighted by molar-refractivity contribution is 7.80. The lowest BCUT2D eigenvalue weighted by atomic mass is 10.1. The highest BCUT2D eigenvalue weighted by atomic mass is 32.1. The zero-order valence-corrected chi connectivity index (χ0v) is 11.1. The Morgan fingerprint density at radius 2 is 1.94 bits per heavy atom. The van der Waals surface area contributed by atoms with E-state index in [-0.39, 0.29) is 5.91 Å². The number of nitrogens with two attached hydrogens (primary N) is 1. The summed E-state index contributed by atoms with van der Waals surface area (Å²) in [4.78, 5) is 13.6. The molecule has 0 aliphatic rings. The summed E-state index contributed by atoms with van der Waals surface area (Å²) in [6.07, 6.45) is 1.24. The fourth-order valence-electron chi connectivity index (χ4n) is 1.52. The molecule has 0 spiro atoms. The minimum atomic E-state index is 0.0679. The van der Waals surface area contributed by atoms with Crippen LogP contribution in [-0.4, -0.2) is 29.4 Å². The number of likely N-dealkylation sites (N-methyl/N-ethyl adjacent to an activating group) is 1. The Labute approximate surface area is 108 Å². The van der Waals surface area contributed by atoms with Crippen LogP contribution in [0.15, 0.2) is 24.3 Å². The van der Waals surface area contributed by atoms with Crippen LogP contribution in [0.3, 0.4) is 0 Å². The van der Waals surface area contributed by atoms with Crippen molar-refractivity contribution in [1.82, 2.24) is 4.90 Å². The normalized spacial score (nSPS) is 10.0. The number of hydrogen-bond donors (Lipinski definition) is 1. The van der Waals surface area contributed by atoms with Gasteiger partial charge in [0.15, 0.2) is 0 Å². The van der Waals surface area contributed by atoms with Crippen LogP contribution in [0.4, 0.5) is 0 Å². The van der Waals surface area contributed by atoms with Crippen LogP contribution in [0.5, 0.6) is 0 Å². The molecule has 0 bridgehead atoms. The summed E-state index contributed by atoms with van der Waals surface area (Å²) in [5, 5.41) is 0. The van der Waals surface area contributed by atoms with Gasteiger partial charge in [0.05, 0.1) is 11.5 Å². The van der Waals surface area contributed by atoms with E-state index in [1.165, 1.54) is 11.1 Å². The molecule has 0 aromatic heterocycles. The zero-order chi connectivity index (χ0) is 12.8. The van der Waals surface area contributed by atoms with Gasteiger partial charge in [-0.15, -0.1) is 0 Å². The van der Waals surface area contributed by atoms with Crippen molar-refractivity contribution >= 4 is 23.1 Å². The quantitative estimate of drug-likeness (QED) is 0.809. The van der Waals surface area contributed by atoms with Crippen LogP contribution in [0.2, 0.25) is 0 Å². The Morgan fingerprint density at radius 1 is 1.35 bits per heavy atom. The lowest BCUT2D eigenvalue weighted by Gasteiger charge is -2.16. The maximum Gasteiger partial charge on any atom is 0.223 e. The minimum absolute atomic E-state index is 0.0679. The third-order valence-corrected chi connectivity index (χ3v) is 2.70. The van der Waals surface area contributed by atoms with E-state index >= 15 is 0 Å². The van der Waals surface area contributed by atoms with Crippen LogP contribution < -0.4 is 5.73 Å². The predicted octanol–water partition coefficient (Wildman–Crippen LogP) is 1.67. The highest BCUT2D eigenvalue weighted by Crippen LogP contribution is 2.06. The molecule has 17 heavy (non-hydrogen) atoms. The summed E-state index contributed by atoms with van der Waals surface area (Å²) in [5.74, 6) is 0.0679. The van der Waals surface area contributed by atoms with E-state index in [0.29, 0.717) is 18.0 Å². The third kappa shape index (κ3) is 4.95. The van der Waals surface area contributed by atoms with Crippen LogP contribution in [-0.2, 0) is 11.2 Å². The molecule has 1 aromatic rings. The molecule has 3 nitrogen and oxygen atoms in total. The Balaban J connectivity index is 2.42. The van der Waals surface area contributed by atoms with Crippen molar-refractivity contribution in [2.75, 3.05) is 13.6 Å². The minimum Gasteiger partial charge on any atom is -0.392 e. The Kier molecular flexibility index (Phi) is 5.10. The summed E-state index contributed by atoms with van der Waals surface area (Å²) in [6.45, 7) is 2.40. The molecule has 0 aliphatic heterocycles. The van der Waals surface area contributed by atoms with Crippen molar-refractivity contribution in [3.05, 3.63) is 35.4 Å². The van der Waals surface area contributed by atoms with Gasteiger partial charge in [-0.2, -0.15) is 0 Å². The maximum atomic E-state index is 11.7. The molecule has 1 rings (SSSR count). The Morgan fingerprint density at radius 3 is 2.47 bits per heavy atom. The first-order valence-corrected chi connectivity index (χ1v) is 5.97. The van der Waals surface area contributed by atoms with Crippen LogP contribution >= 0.6 is 12.2 Å². The van der Waals surface area contributed by atoms with Crippen molar-refractivity contribution in [2.24, 2.45) is 5.73 Å². The lowest BCUT2D eigenvalue weighted by Crippen LogP contribution is -2.34. The second-order valence-electron chi connectivity index (χ2n) is 4.20. The molecule has 4 heteroatoms. The summed E-state index contributed by atoms with van der Waals surface area (Å²) in [7, 11) is 1.72. The molecule has 0 aliphatic carbocycles. The molecular weight excluding hydrogens is 232 g/mol. The SMILES string of the molecule is Cc1ccc(CCC(=O)N(C)CC(N)=S)cc1. The maximum absolute atomic E-state index is 11.7. The van der Waals surface area contributed by atoms with E-state index in [2.05, 4.69) is 24.3 Å². The Bertz CT molecular complexity index is 400. The third-order valence-electron chi connectivity index (χ3n) is 2.57. The molecule has 0 saturated carbocycles. The molecule has 2 N–H and O–H groups in total. The molecule has 0 saturated heterocycles. The second kappa shape index (κ2) is 6.35. The smallest absolute Gasteiger partial charge is 0.223 e. The number of carbonyl (C=O) groups is 1. The fraction of sp³-hybridized carbons (Fsp3) is 0.385. The fourth-order valence-corrected chi connectivity index (χ4v) is 1.71. The van der Waals surface area contributed by atoms with Gasteiger partial charge in [-0.05, 0) is 18.9 Å². The van der Waals surface area contributed by atoms with E-state index in [1.54, 1.807) is 11.9 Å². The molecule has 0 unspecified atom stereocenters. The van der Waals surface area contributed by atoms with Crippen molar-refractivity contribution in [1.29, 1.82) is 0 Å². The first-order valence-electron chi connectivity index (χ1n) is 5.57. The van der Waals surface area contributed by atoms with E-state index < -0.39 is 0 Å². The molecule has 92 valence electrons. The summed E-state index contributed by atoms with van der Waals surface area (Å²) < 4.78 is 0. The van der Waals surface area contributed by atoms with Gasteiger partial charge in [0.2, 0.25) is 5.91 Å². The predicted molar refractivity (Wildman–Crippen MR) is 73.9 cm³/mol. The van der Waals surface area contributed by atoms with Gasteiger partial charge in [-0.3, -0.25) is 4.79 Å². The van der Waals surface area contributed by atoms with Crippen LogP contribution in [0.25, 0.3) is 0 Å². The van der Waals surface area contributed by atoms with Gasteiger partial charge in [-0.25, -0.2) is 0 Å². The summed E-state index contributed by atoms with van der Waals surface area (Å²) >= 11 is 4.77. The molecular formula is C13H18N2OS. The molecule has 0 heterocycles. The molecule has 1 amide bonds. The first kappa shape index (κ1) is 13.6. The van der Waals surface area contributed by atoms with Crippen molar-refractivity contribution in [3.63, 3.8) is 0 Å². The molecule has 1 aromatic carbocycles. The Hall–Kier alpha value is -1.42. The van der Waals surface area contributed by atoms with Crippen molar-refractivity contribution in [3.8, 4) is 0 Å². The van der Waals surface area contributed by atoms with Crippen LogP contribution in [0, 0.1) is 6.92 Å². The van der Waals surface area contributed by atoms with Gasteiger partial charge in [-0.1, -0.05) is 42.0 Å². The van der Waals surface area contributed by atoms with Gasteiger partial charge >= 0.3 is 0 Å². The van der Waals surface area contributed by atoms with Crippen LogP contribution in [0.1, 0.15) is 17.5 Å². The standard InChI is InChI=1S/C13H18N2OS/c1-10-3-5-11(6-4-10)7-8-13(16)15(2)9-12(14)17/h3-6H,7-9H2,1-2H3,(H2,14,17). The molecule has 0 atom stereocenters.